The lowest BCUT2D eigenvalue weighted by Crippen LogP contribution is -2.38. The van der Waals surface area contributed by atoms with E-state index in [1.165, 1.54) is 26.0 Å². The van der Waals surface area contributed by atoms with Crippen molar-refractivity contribution in [1.29, 1.82) is 0 Å². The number of carbonyl (C=O) groups excluding carboxylic acids is 3. The Morgan fingerprint density at radius 3 is 2.07 bits per heavy atom. The van der Waals surface area contributed by atoms with Gasteiger partial charge in [0.25, 0.3) is 5.91 Å². The van der Waals surface area contributed by atoms with Crippen LogP contribution in [0.25, 0.3) is 0 Å². The zero-order valence-electron chi connectivity index (χ0n) is 17.6. The van der Waals surface area contributed by atoms with Crippen molar-refractivity contribution in [1.82, 2.24) is 10.6 Å². The summed E-state index contributed by atoms with van der Waals surface area (Å²) in [6, 6.07) is 12.3. The van der Waals surface area contributed by atoms with E-state index in [2.05, 4.69) is 10.6 Å². The summed E-state index contributed by atoms with van der Waals surface area (Å²) < 4.78 is 18.3. The Hall–Kier alpha value is -3.22. The minimum absolute atomic E-state index is 0.103. The lowest BCUT2D eigenvalue weighted by molar-refractivity contribution is -0.155. The van der Waals surface area contributed by atoms with Crippen LogP contribution in [0.2, 0.25) is 0 Å². The molecule has 0 saturated carbocycles. The Labute approximate surface area is 175 Å². The molecule has 0 aliphatic heterocycles. The van der Waals surface area contributed by atoms with E-state index >= 15 is 0 Å². The molecular weight excluding hydrogens is 387 g/mol. The average molecular weight is 414 g/mol. The van der Waals surface area contributed by atoms with E-state index in [0.717, 1.165) is 16.7 Å². The number of amides is 2. The van der Waals surface area contributed by atoms with Crippen LogP contribution in [-0.4, -0.2) is 23.9 Å². The molecule has 3 atom stereocenters. The van der Waals surface area contributed by atoms with Crippen LogP contribution in [0.5, 0.6) is 0 Å². The molecule has 6 nitrogen and oxygen atoms in total. The van der Waals surface area contributed by atoms with Crippen LogP contribution < -0.4 is 10.6 Å². The number of nitrogens with one attached hydrogen (secondary N) is 2. The van der Waals surface area contributed by atoms with Crippen molar-refractivity contribution < 1.29 is 23.5 Å². The third-order valence-corrected chi connectivity index (χ3v) is 4.63. The maximum absolute atomic E-state index is 13.0. The van der Waals surface area contributed by atoms with E-state index in [9.17, 15) is 18.8 Å². The largest absolute Gasteiger partial charge is 0.452 e. The van der Waals surface area contributed by atoms with Gasteiger partial charge in [0.1, 0.15) is 5.82 Å². The normalized spacial score (nSPS) is 13.6. The molecule has 3 unspecified atom stereocenters. The summed E-state index contributed by atoms with van der Waals surface area (Å²) >= 11 is 0. The van der Waals surface area contributed by atoms with Gasteiger partial charge in [-0.05, 0) is 44.0 Å². The molecule has 0 aliphatic rings. The first kappa shape index (κ1) is 23.1. The SMILES string of the molecule is CC(=O)NC(CC(=O)OC(C)C(=O)NC(C)c1ccc(F)cc1)c1ccc(C)cc1. The van der Waals surface area contributed by atoms with Crippen molar-refractivity contribution in [3.8, 4) is 0 Å². The Morgan fingerprint density at radius 2 is 1.50 bits per heavy atom. The minimum Gasteiger partial charge on any atom is -0.452 e. The van der Waals surface area contributed by atoms with Gasteiger partial charge in [0.2, 0.25) is 5.91 Å². The second-order valence-corrected chi connectivity index (χ2v) is 7.28. The van der Waals surface area contributed by atoms with Crippen LogP contribution in [0.1, 0.15) is 56.0 Å². The molecule has 0 fully saturated rings. The van der Waals surface area contributed by atoms with E-state index in [1.807, 2.05) is 31.2 Å². The van der Waals surface area contributed by atoms with Gasteiger partial charge in [0.15, 0.2) is 6.10 Å². The Bertz CT molecular complexity index is 881. The summed E-state index contributed by atoms with van der Waals surface area (Å²) in [5.74, 6) is -1.70. The van der Waals surface area contributed by atoms with Crippen LogP contribution in [-0.2, 0) is 19.1 Å². The summed E-state index contributed by atoms with van der Waals surface area (Å²) in [6.07, 6.45) is -1.12. The van der Waals surface area contributed by atoms with Gasteiger partial charge in [0.05, 0.1) is 18.5 Å². The Morgan fingerprint density at radius 1 is 0.933 bits per heavy atom. The second kappa shape index (κ2) is 10.5. The summed E-state index contributed by atoms with van der Waals surface area (Å²) in [7, 11) is 0. The van der Waals surface area contributed by atoms with Gasteiger partial charge in [-0.2, -0.15) is 0 Å². The van der Waals surface area contributed by atoms with Crippen molar-refractivity contribution >= 4 is 17.8 Å². The van der Waals surface area contributed by atoms with Crippen LogP contribution in [0, 0.1) is 12.7 Å². The highest BCUT2D eigenvalue weighted by Crippen LogP contribution is 2.19. The van der Waals surface area contributed by atoms with Crippen molar-refractivity contribution in [3.05, 3.63) is 71.0 Å². The molecule has 2 aromatic carbocycles. The molecule has 2 N–H and O–H groups in total. The molecule has 0 aliphatic carbocycles. The molecule has 2 rings (SSSR count). The zero-order valence-corrected chi connectivity index (χ0v) is 17.6. The number of carbonyl (C=O) groups is 3. The van der Waals surface area contributed by atoms with Crippen LogP contribution >= 0.6 is 0 Å². The van der Waals surface area contributed by atoms with Gasteiger partial charge in [-0.3, -0.25) is 14.4 Å². The summed E-state index contributed by atoms with van der Waals surface area (Å²) in [5.41, 5.74) is 2.56. The van der Waals surface area contributed by atoms with Gasteiger partial charge in [-0.1, -0.05) is 42.0 Å². The first-order valence-electron chi connectivity index (χ1n) is 9.74. The number of benzene rings is 2. The lowest BCUT2D eigenvalue weighted by atomic mass is 10.0. The molecule has 0 bridgehead atoms. The number of rotatable bonds is 8. The number of ether oxygens (including phenoxy) is 1. The molecule has 7 heteroatoms. The summed E-state index contributed by atoms with van der Waals surface area (Å²) in [4.78, 5) is 36.3. The van der Waals surface area contributed by atoms with E-state index < -0.39 is 24.0 Å². The standard InChI is InChI=1S/C23H27FN2O4/c1-14-5-7-19(8-6-14)21(26-17(4)27)13-22(28)30-16(3)23(29)25-15(2)18-9-11-20(24)12-10-18/h5-12,15-16,21H,13H2,1-4H3,(H,25,29)(H,26,27). The van der Waals surface area contributed by atoms with E-state index in [0.29, 0.717) is 0 Å². The topological polar surface area (TPSA) is 84.5 Å². The number of halogens is 1. The minimum atomic E-state index is -1.02. The number of aryl methyl sites for hydroxylation is 1. The maximum atomic E-state index is 13.0. The van der Waals surface area contributed by atoms with Gasteiger partial charge in [-0.25, -0.2) is 4.39 Å². The van der Waals surface area contributed by atoms with E-state index in [-0.39, 0.29) is 24.2 Å². The van der Waals surface area contributed by atoms with Crippen LogP contribution in [0.15, 0.2) is 48.5 Å². The predicted molar refractivity (Wildman–Crippen MR) is 111 cm³/mol. The fraction of sp³-hybridized carbons (Fsp3) is 0.348. The molecule has 0 spiro atoms. The summed E-state index contributed by atoms with van der Waals surface area (Å²) in [5, 5.41) is 5.47. The number of hydrogen-bond acceptors (Lipinski definition) is 4. The molecule has 2 aromatic rings. The fourth-order valence-electron chi connectivity index (χ4n) is 2.93. The highest BCUT2D eigenvalue weighted by molar-refractivity contribution is 5.84. The molecular formula is C23H27FN2O4. The van der Waals surface area contributed by atoms with Crippen LogP contribution in [0.3, 0.4) is 0 Å². The molecule has 0 saturated heterocycles. The third kappa shape index (κ3) is 6.99. The second-order valence-electron chi connectivity index (χ2n) is 7.28. The summed E-state index contributed by atoms with van der Waals surface area (Å²) in [6.45, 7) is 6.55. The highest BCUT2D eigenvalue weighted by atomic mass is 19.1. The van der Waals surface area contributed by atoms with Crippen molar-refractivity contribution in [2.45, 2.75) is 52.3 Å². The van der Waals surface area contributed by atoms with Crippen molar-refractivity contribution in [3.63, 3.8) is 0 Å². The van der Waals surface area contributed by atoms with Gasteiger partial charge >= 0.3 is 5.97 Å². The van der Waals surface area contributed by atoms with Crippen molar-refractivity contribution in [2.75, 3.05) is 0 Å². The molecule has 0 heterocycles. The smallest absolute Gasteiger partial charge is 0.309 e. The van der Waals surface area contributed by atoms with E-state index in [1.54, 1.807) is 19.1 Å². The molecule has 160 valence electrons. The third-order valence-electron chi connectivity index (χ3n) is 4.63. The molecule has 0 aromatic heterocycles. The fourth-order valence-corrected chi connectivity index (χ4v) is 2.93. The molecule has 30 heavy (non-hydrogen) atoms. The number of esters is 1. The average Bonchev–Trinajstić information content (AvgIpc) is 2.68. The van der Waals surface area contributed by atoms with E-state index in [4.69, 9.17) is 4.74 Å². The zero-order chi connectivity index (χ0) is 22.3. The highest BCUT2D eigenvalue weighted by Gasteiger charge is 2.23. The molecule has 0 radical (unpaired) electrons. The van der Waals surface area contributed by atoms with Crippen LogP contribution in [0.4, 0.5) is 4.39 Å². The predicted octanol–water partition coefficient (Wildman–Crippen LogP) is 3.51. The lowest BCUT2D eigenvalue weighted by Gasteiger charge is -2.21. The Kier molecular flexibility index (Phi) is 8.09. The van der Waals surface area contributed by atoms with Gasteiger partial charge in [-0.15, -0.1) is 0 Å². The molecule has 2 amide bonds. The number of hydrogen-bond donors (Lipinski definition) is 2. The quantitative estimate of drug-likeness (QED) is 0.648. The van der Waals surface area contributed by atoms with Crippen molar-refractivity contribution in [2.24, 2.45) is 0 Å². The Balaban J connectivity index is 1.95. The van der Waals surface area contributed by atoms with Gasteiger partial charge in [0, 0.05) is 6.92 Å². The monoisotopic (exact) mass is 414 g/mol. The maximum Gasteiger partial charge on any atom is 0.309 e. The van der Waals surface area contributed by atoms with Gasteiger partial charge < -0.3 is 15.4 Å². The first-order valence-corrected chi connectivity index (χ1v) is 9.74. The first-order chi connectivity index (χ1) is 14.2.